The molecular weight excluding hydrogens is 385 g/mol. The maximum atomic E-state index is 9.32. The van der Waals surface area contributed by atoms with E-state index in [-0.39, 0.29) is 47.5 Å². The van der Waals surface area contributed by atoms with Crippen molar-refractivity contribution in [2.45, 2.75) is 63.4 Å². The average Bonchev–Trinajstić information content (AvgIpc) is 3.19. The SMILES string of the molecule is C[C@@H](CO)O[C@H]1C[C@@H](n2nnc3c(Cl)nc(Cl)nc32)[C@@H]2OC(C)(C)O[C@@H]21. The number of ether oxygens (including phenoxy) is 3. The van der Waals surface area contributed by atoms with Gasteiger partial charge < -0.3 is 19.3 Å². The van der Waals surface area contributed by atoms with Crippen LogP contribution in [0.5, 0.6) is 0 Å². The quantitative estimate of drug-likeness (QED) is 0.607. The Morgan fingerprint density at radius 2 is 2.04 bits per heavy atom. The number of aromatic nitrogens is 5. The molecule has 0 amide bonds. The van der Waals surface area contributed by atoms with E-state index in [1.807, 2.05) is 13.8 Å². The number of aliphatic hydroxyl groups is 1. The maximum absolute atomic E-state index is 9.32. The van der Waals surface area contributed by atoms with Crippen molar-refractivity contribution < 1.29 is 19.3 Å². The van der Waals surface area contributed by atoms with Gasteiger partial charge in [0.25, 0.3) is 0 Å². The van der Waals surface area contributed by atoms with Crippen molar-refractivity contribution in [3.63, 3.8) is 0 Å². The number of nitrogens with zero attached hydrogens (tertiary/aromatic N) is 5. The standard InChI is InChI=1S/C15H19Cl2N5O4/c1-6(5-23)24-8-4-7(10-11(8)26-15(2,3)25-10)22-13-9(20-21-22)12(16)18-14(17)19-13/h6-8,10-11,23H,4-5H2,1-3H3/t6-,7+,8-,10-,11+/m0/s1. The van der Waals surface area contributed by atoms with Gasteiger partial charge in [-0.25, -0.2) is 9.67 Å². The van der Waals surface area contributed by atoms with Crippen molar-refractivity contribution >= 4 is 34.4 Å². The molecule has 1 saturated heterocycles. The number of halogens is 2. The van der Waals surface area contributed by atoms with Crippen LogP contribution in [0.3, 0.4) is 0 Å². The van der Waals surface area contributed by atoms with Gasteiger partial charge in [0.2, 0.25) is 5.28 Å². The molecule has 0 unspecified atom stereocenters. The molecule has 142 valence electrons. The topological polar surface area (TPSA) is 104 Å². The lowest BCUT2D eigenvalue weighted by Crippen LogP contribution is -2.34. The summed E-state index contributed by atoms with van der Waals surface area (Å²) in [6.45, 7) is 5.43. The highest BCUT2D eigenvalue weighted by Gasteiger charge is 2.56. The second-order valence-corrected chi connectivity index (χ2v) is 7.72. The molecule has 0 bridgehead atoms. The zero-order chi connectivity index (χ0) is 18.6. The summed E-state index contributed by atoms with van der Waals surface area (Å²) in [5.41, 5.74) is 0.807. The van der Waals surface area contributed by atoms with Crippen molar-refractivity contribution in [1.82, 2.24) is 25.0 Å². The Labute approximate surface area is 159 Å². The number of hydrogen-bond donors (Lipinski definition) is 1. The molecule has 5 atom stereocenters. The largest absolute Gasteiger partial charge is 0.394 e. The normalized spacial score (nSPS) is 31.5. The number of aliphatic hydroxyl groups excluding tert-OH is 1. The molecule has 11 heteroatoms. The molecule has 2 fully saturated rings. The lowest BCUT2D eigenvalue weighted by molar-refractivity contribution is -0.175. The predicted molar refractivity (Wildman–Crippen MR) is 92.0 cm³/mol. The Morgan fingerprint density at radius 1 is 1.31 bits per heavy atom. The van der Waals surface area contributed by atoms with Crippen molar-refractivity contribution in [3.8, 4) is 0 Å². The molecule has 26 heavy (non-hydrogen) atoms. The van der Waals surface area contributed by atoms with Gasteiger partial charge in [0.15, 0.2) is 22.1 Å². The van der Waals surface area contributed by atoms with Crippen LogP contribution in [0, 0.1) is 0 Å². The van der Waals surface area contributed by atoms with Crippen LogP contribution in [0.4, 0.5) is 0 Å². The Kier molecular flexibility index (Phi) is 4.57. The van der Waals surface area contributed by atoms with Gasteiger partial charge >= 0.3 is 0 Å². The zero-order valence-electron chi connectivity index (χ0n) is 14.5. The molecule has 3 heterocycles. The fraction of sp³-hybridized carbons (Fsp3) is 0.733. The predicted octanol–water partition coefficient (Wildman–Crippen LogP) is 1.76. The van der Waals surface area contributed by atoms with Crippen LogP contribution in [0.1, 0.15) is 33.2 Å². The first-order chi connectivity index (χ1) is 12.3. The van der Waals surface area contributed by atoms with E-state index in [0.29, 0.717) is 17.6 Å². The lowest BCUT2D eigenvalue weighted by atomic mass is 10.2. The summed E-state index contributed by atoms with van der Waals surface area (Å²) in [6.07, 6.45) is -0.617. The van der Waals surface area contributed by atoms with E-state index in [2.05, 4.69) is 20.3 Å². The van der Waals surface area contributed by atoms with Gasteiger partial charge in [-0.1, -0.05) is 16.8 Å². The van der Waals surface area contributed by atoms with Gasteiger partial charge in [0.05, 0.1) is 24.9 Å². The summed E-state index contributed by atoms with van der Waals surface area (Å²) in [5.74, 6) is -0.751. The van der Waals surface area contributed by atoms with E-state index in [1.165, 1.54) is 0 Å². The molecule has 1 aliphatic carbocycles. The van der Waals surface area contributed by atoms with Crippen LogP contribution < -0.4 is 0 Å². The van der Waals surface area contributed by atoms with E-state index < -0.39 is 5.79 Å². The van der Waals surface area contributed by atoms with Crippen molar-refractivity contribution in [3.05, 3.63) is 10.4 Å². The molecule has 9 nitrogen and oxygen atoms in total. The molecule has 4 rings (SSSR count). The summed E-state index contributed by atoms with van der Waals surface area (Å²) >= 11 is 12.0. The van der Waals surface area contributed by atoms with Crippen LogP contribution in [-0.4, -0.2) is 66.9 Å². The molecule has 1 saturated carbocycles. The fourth-order valence-corrected chi connectivity index (χ4v) is 4.03. The highest BCUT2D eigenvalue weighted by atomic mass is 35.5. The van der Waals surface area contributed by atoms with E-state index in [4.69, 9.17) is 37.4 Å². The third-order valence-corrected chi connectivity index (χ3v) is 5.05. The molecule has 2 aromatic heterocycles. The molecule has 0 aromatic carbocycles. The minimum absolute atomic E-state index is 0.0196. The third-order valence-electron chi connectivity index (χ3n) is 4.62. The highest BCUT2D eigenvalue weighted by Crippen LogP contribution is 2.45. The molecular formula is C15H19Cl2N5O4. The average molecular weight is 404 g/mol. The lowest BCUT2D eigenvalue weighted by Gasteiger charge is -2.25. The highest BCUT2D eigenvalue weighted by molar-refractivity contribution is 6.35. The minimum Gasteiger partial charge on any atom is -0.394 e. The fourth-order valence-electron chi connectivity index (χ4n) is 3.62. The summed E-state index contributed by atoms with van der Waals surface area (Å²) in [5, 5.41) is 17.8. The first-order valence-electron chi connectivity index (χ1n) is 8.35. The number of hydrogen-bond acceptors (Lipinski definition) is 8. The number of fused-ring (bicyclic) bond motifs is 2. The maximum Gasteiger partial charge on any atom is 0.225 e. The van der Waals surface area contributed by atoms with Crippen molar-refractivity contribution in [2.24, 2.45) is 0 Å². The first kappa shape index (κ1) is 18.3. The summed E-state index contributed by atoms with van der Waals surface area (Å²) < 4.78 is 19.7. The Balaban J connectivity index is 1.72. The summed E-state index contributed by atoms with van der Waals surface area (Å²) in [7, 11) is 0. The van der Waals surface area contributed by atoms with Crippen LogP contribution in [0.2, 0.25) is 10.4 Å². The van der Waals surface area contributed by atoms with Crippen LogP contribution in [-0.2, 0) is 14.2 Å². The second-order valence-electron chi connectivity index (χ2n) is 7.03. The third kappa shape index (κ3) is 3.06. The van der Waals surface area contributed by atoms with Gasteiger partial charge in [0.1, 0.15) is 12.2 Å². The van der Waals surface area contributed by atoms with Crippen molar-refractivity contribution in [1.29, 1.82) is 0 Å². The molecule has 0 spiro atoms. The molecule has 2 aliphatic rings. The van der Waals surface area contributed by atoms with Crippen LogP contribution >= 0.6 is 23.2 Å². The van der Waals surface area contributed by atoms with Gasteiger partial charge in [-0.3, -0.25) is 0 Å². The zero-order valence-corrected chi connectivity index (χ0v) is 16.0. The van der Waals surface area contributed by atoms with Gasteiger partial charge in [-0.15, -0.1) is 5.10 Å². The summed E-state index contributed by atoms with van der Waals surface area (Å²) in [6, 6.07) is -0.232. The Hall–Kier alpha value is -1.10. The Bertz CT molecular complexity index is 832. The molecule has 0 radical (unpaired) electrons. The number of rotatable bonds is 4. The smallest absolute Gasteiger partial charge is 0.225 e. The van der Waals surface area contributed by atoms with Crippen molar-refractivity contribution in [2.75, 3.05) is 6.61 Å². The van der Waals surface area contributed by atoms with E-state index in [1.54, 1.807) is 11.6 Å². The second kappa shape index (κ2) is 6.50. The van der Waals surface area contributed by atoms with E-state index in [9.17, 15) is 5.11 Å². The Morgan fingerprint density at radius 3 is 2.77 bits per heavy atom. The van der Waals surface area contributed by atoms with Gasteiger partial charge in [-0.05, 0) is 32.4 Å². The van der Waals surface area contributed by atoms with Gasteiger partial charge in [-0.2, -0.15) is 4.98 Å². The minimum atomic E-state index is -0.751. The monoisotopic (exact) mass is 403 g/mol. The molecule has 1 N–H and O–H groups in total. The van der Waals surface area contributed by atoms with E-state index >= 15 is 0 Å². The van der Waals surface area contributed by atoms with Crippen LogP contribution in [0.15, 0.2) is 0 Å². The summed E-state index contributed by atoms with van der Waals surface area (Å²) in [4.78, 5) is 8.12. The first-order valence-corrected chi connectivity index (χ1v) is 9.10. The molecule has 2 aromatic rings. The van der Waals surface area contributed by atoms with Crippen LogP contribution in [0.25, 0.3) is 11.2 Å². The van der Waals surface area contributed by atoms with E-state index in [0.717, 1.165) is 0 Å². The van der Waals surface area contributed by atoms with Gasteiger partial charge in [0, 0.05) is 6.42 Å². The molecule has 1 aliphatic heterocycles.